The molecule has 0 radical (unpaired) electrons. The fraction of sp³-hybridized carbons (Fsp3) is 0.625. The van der Waals surface area contributed by atoms with Gasteiger partial charge in [-0.05, 0) is 31.3 Å². The highest BCUT2D eigenvalue weighted by Crippen LogP contribution is 2.17. The molecule has 0 spiro atoms. The van der Waals surface area contributed by atoms with E-state index in [1.165, 1.54) is 11.0 Å². The van der Waals surface area contributed by atoms with Crippen LogP contribution >= 0.6 is 12.6 Å². The van der Waals surface area contributed by atoms with Gasteiger partial charge in [-0.25, -0.2) is 4.79 Å². The predicted molar refractivity (Wildman–Crippen MR) is 133 cm³/mol. The topological polar surface area (TPSA) is 134 Å². The van der Waals surface area contributed by atoms with Crippen LogP contribution < -0.4 is 16.0 Å². The number of rotatable bonds is 3. The minimum atomic E-state index is -1.04. The van der Waals surface area contributed by atoms with Crippen molar-refractivity contribution in [2.75, 3.05) is 12.3 Å². The number of fused-ring (bicyclic) bond motifs is 4. The van der Waals surface area contributed by atoms with Crippen molar-refractivity contribution in [2.45, 2.75) is 71.7 Å². The number of thiol groups is 1. The van der Waals surface area contributed by atoms with Crippen molar-refractivity contribution in [3.8, 4) is 0 Å². The van der Waals surface area contributed by atoms with Gasteiger partial charge < -0.3 is 25.6 Å². The summed E-state index contributed by atoms with van der Waals surface area (Å²) >= 11 is 4.25. The van der Waals surface area contributed by atoms with Crippen molar-refractivity contribution in [1.82, 2.24) is 20.9 Å². The second-order valence-corrected chi connectivity index (χ2v) is 9.65. The molecule has 10 nitrogen and oxygen atoms in total. The number of carbonyl (C=O) groups excluding carboxylic acids is 5. The lowest BCUT2D eigenvalue weighted by Crippen LogP contribution is -2.58. The molecule has 0 aromatic heterocycles. The SMILES string of the molecule is C/C=C1/C(=O)N[C@@H](C(C)C)C(=O)O[C@@H]2/C=C/CCN1C(=O)[C@@H](CS)NC(=O)[C@@H](C(C)C)NC(=O)C2. The van der Waals surface area contributed by atoms with Gasteiger partial charge in [0, 0.05) is 12.3 Å². The van der Waals surface area contributed by atoms with E-state index >= 15 is 0 Å². The van der Waals surface area contributed by atoms with E-state index in [2.05, 4.69) is 28.6 Å². The first-order chi connectivity index (χ1) is 16.5. The summed E-state index contributed by atoms with van der Waals surface area (Å²) < 4.78 is 5.60. The van der Waals surface area contributed by atoms with Crippen LogP contribution in [0.15, 0.2) is 23.9 Å². The van der Waals surface area contributed by atoms with Gasteiger partial charge in [-0.15, -0.1) is 0 Å². The molecule has 11 heteroatoms. The third kappa shape index (κ3) is 7.33. The first kappa shape index (κ1) is 28.4. The molecule has 0 aromatic carbocycles. The molecule has 0 saturated carbocycles. The molecule has 2 bridgehead atoms. The van der Waals surface area contributed by atoms with Crippen molar-refractivity contribution in [2.24, 2.45) is 11.8 Å². The second-order valence-electron chi connectivity index (χ2n) is 9.29. The van der Waals surface area contributed by atoms with Crippen molar-refractivity contribution in [3.63, 3.8) is 0 Å². The van der Waals surface area contributed by atoms with E-state index in [-0.39, 0.29) is 36.3 Å². The Morgan fingerprint density at radius 2 is 1.71 bits per heavy atom. The van der Waals surface area contributed by atoms with Gasteiger partial charge in [0.15, 0.2) is 0 Å². The molecule has 2 heterocycles. The van der Waals surface area contributed by atoms with Crippen LogP contribution in [-0.4, -0.2) is 71.0 Å². The van der Waals surface area contributed by atoms with Crippen molar-refractivity contribution in [3.05, 3.63) is 23.9 Å². The summed E-state index contributed by atoms with van der Waals surface area (Å²) in [5.74, 6) is -3.47. The normalized spacial score (nSPS) is 29.4. The lowest BCUT2D eigenvalue weighted by Gasteiger charge is -2.32. The predicted octanol–water partition coefficient (Wildman–Crippen LogP) is 0.690. The first-order valence-electron chi connectivity index (χ1n) is 11.9. The summed E-state index contributed by atoms with van der Waals surface area (Å²) in [5.41, 5.74) is 0.0563. The van der Waals surface area contributed by atoms with E-state index in [0.717, 1.165) is 0 Å². The van der Waals surface area contributed by atoms with Crippen LogP contribution in [0.1, 0.15) is 47.5 Å². The van der Waals surface area contributed by atoms with Gasteiger partial charge in [0.1, 0.15) is 29.9 Å². The molecule has 194 valence electrons. The number of hydrogen-bond acceptors (Lipinski definition) is 7. The molecule has 0 saturated heterocycles. The fourth-order valence-electron chi connectivity index (χ4n) is 3.88. The molecule has 2 aliphatic rings. The maximum Gasteiger partial charge on any atom is 0.329 e. The van der Waals surface area contributed by atoms with Crippen LogP contribution in [0.5, 0.6) is 0 Å². The zero-order valence-corrected chi connectivity index (χ0v) is 21.8. The molecule has 2 aliphatic heterocycles. The smallest absolute Gasteiger partial charge is 0.329 e. The average molecular weight is 509 g/mol. The van der Waals surface area contributed by atoms with Crippen LogP contribution in [0.25, 0.3) is 0 Å². The Labute approximate surface area is 211 Å². The van der Waals surface area contributed by atoms with Gasteiger partial charge in [0.05, 0.1) is 6.42 Å². The minimum absolute atomic E-state index is 0.0166. The van der Waals surface area contributed by atoms with Crippen LogP contribution in [0.3, 0.4) is 0 Å². The van der Waals surface area contributed by atoms with Crippen molar-refractivity contribution < 1.29 is 28.7 Å². The number of hydrogen-bond donors (Lipinski definition) is 4. The van der Waals surface area contributed by atoms with Crippen LogP contribution in [-0.2, 0) is 28.7 Å². The molecule has 0 fully saturated rings. The van der Waals surface area contributed by atoms with Gasteiger partial charge in [-0.1, -0.05) is 39.8 Å². The Kier molecular flexibility index (Phi) is 10.4. The molecule has 2 rings (SSSR count). The summed E-state index contributed by atoms with van der Waals surface area (Å²) in [6.07, 6.45) is 4.02. The highest BCUT2D eigenvalue weighted by Gasteiger charge is 2.36. The number of allylic oxidation sites excluding steroid dienone is 1. The van der Waals surface area contributed by atoms with Gasteiger partial charge in [-0.2, -0.15) is 12.6 Å². The molecule has 3 N–H and O–H groups in total. The molecule has 35 heavy (non-hydrogen) atoms. The Hall–Kier alpha value is -2.82. The third-order valence-electron chi connectivity index (χ3n) is 5.86. The van der Waals surface area contributed by atoms with E-state index in [0.29, 0.717) is 6.42 Å². The van der Waals surface area contributed by atoms with Gasteiger partial charge in [-0.3, -0.25) is 19.2 Å². The summed E-state index contributed by atoms with van der Waals surface area (Å²) in [4.78, 5) is 66.9. The van der Waals surface area contributed by atoms with Gasteiger partial charge in [0.25, 0.3) is 11.8 Å². The Balaban J connectivity index is 2.64. The number of esters is 1. The summed E-state index contributed by atoms with van der Waals surface area (Å²) in [7, 11) is 0. The summed E-state index contributed by atoms with van der Waals surface area (Å²) in [6, 6.07) is -2.95. The lowest BCUT2D eigenvalue weighted by atomic mass is 10.0. The van der Waals surface area contributed by atoms with E-state index in [9.17, 15) is 24.0 Å². The first-order valence-corrected chi connectivity index (χ1v) is 12.5. The molecule has 4 amide bonds. The van der Waals surface area contributed by atoms with E-state index in [1.54, 1.807) is 46.8 Å². The maximum absolute atomic E-state index is 13.5. The monoisotopic (exact) mass is 508 g/mol. The van der Waals surface area contributed by atoms with Crippen molar-refractivity contribution >= 4 is 42.2 Å². The highest BCUT2D eigenvalue weighted by atomic mass is 32.1. The minimum Gasteiger partial charge on any atom is -0.456 e. The average Bonchev–Trinajstić information content (AvgIpc) is 2.78. The van der Waals surface area contributed by atoms with Gasteiger partial charge >= 0.3 is 5.97 Å². The summed E-state index contributed by atoms with van der Waals surface area (Å²) in [5, 5.41) is 8.04. The Bertz CT molecular complexity index is 900. The van der Waals surface area contributed by atoms with Gasteiger partial charge in [0.2, 0.25) is 11.8 Å². The lowest BCUT2D eigenvalue weighted by molar-refractivity contribution is -0.153. The maximum atomic E-state index is 13.5. The van der Waals surface area contributed by atoms with E-state index < -0.39 is 53.8 Å². The Morgan fingerprint density at radius 1 is 1.06 bits per heavy atom. The molecular formula is C24H36N4O6S. The van der Waals surface area contributed by atoms with Crippen LogP contribution in [0.2, 0.25) is 0 Å². The van der Waals surface area contributed by atoms with E-state index in [1.807, 2.05) is 0 Å². The Morgan fingerprint density at radius 3 is 2.29 bits per heavy atom. The number of carbonyl (C=O) groups is 5. The molecule has 0 aliphatic carbocycles. The fourth-order valence-corrected chi connectivity index (χ4v) is 4.13. The summed E-state index contributed by atoms with van der Waals surface area (Å²) in [6.45, 7) is 8.80. The number of amides is 4. The molecule has 4 atom stereocenters. The molecular weight excluding hydrogens is 472 g/mol. The largest absolute Gasteiger partial charge is 0.456 e. The third-order valence-corrected chi connectivity index (χ3v) is 6.22. The van der Waals surface area contributed by atoms with Crippen molar-refractivity contribution in [1.29, 1.82) is 0 Å². The standard InChI is InChI=1S/C24H36N4O6S/c1-6-17-21(30)27-20(14(4)5)24(33)34-15-9-7-8-10-28(17)23(32)16(12-35)25-22(31)19(13(2)3)26-18(29)11-15/h6-7,9,13-16,19-20,35H,8,10-12H2,1-5H3,(H,25,31)(H,26,29)(H,27,30)/b9-7+,17-6-/t15-,16-,19-,20+/m1/s1. The zero-order valence-electron chi connectivity index (χ0n) is 20.9. The molecule has 0 aromatic rings. The zero-order chi connectivity index (χ0) is 26.3. The number of nitrogens with zero attached hydrogens (tertiary/aromatic N) is 1. The molecule has 0 unspecified atom stereocenters. The van der Waals surface area contributed by atoms with E-state index in [4.69, 9.17) is 4.74 Å². The number of ether oxygens (including phenoxy) is 1. The second kappa shape index (κ2) is 12.8. The quantitative estimate of drug-likeness (QED) is 0.192. The number of nitrogens with one attached hydrogen (secondary N) is 3. The van der Waals surface area contributed by atoms with Crippen LogP contribution in [0.4, 0.5) is 0 Å². The highest BCUT2D eigenvalue weighted by molar-refractivity contribution is 7.80. The van der Waals surface area contributed by atoms with Crippen LogP contribution in [0, 0.1) is 11.8 Å².